The maximum Gasteiger partial charge on any atom is 0.243 e. The van der Waals surface area contributed by atoms with Gasteiger partial charge in [-0.3, -0.25) is 4.90 Å². The van der Waals surface area contributed by atoms with Crippen molar-refractivity contribution in [2.24, 2.45) is 5.73 Å². The molecule has 3 aliphatic heterocycles. The fraction of sp³-hybridized carbons (Fsp3) is 0.375. The van der Waals surface area contributed by atoms with E-state index in [1.54, 1.807) is 0 Å². The summed E-state index contributed by atoms with van der Waals surface area (Å²) in [4.78, 5) is 2.39. The number of hydrogen-bond acceptors (Lipinski definition) is 6. The molecule has 0 aromatic heterocycles. The zero-order valence-corrected chi connectivity index (χ0v) is 19.1. The molecule has 0 bridgehead atoms. The number of rotatable bonds is 4. The molecular weight excluding hydrogens is 462 g/mol. The average molecular weight is 487 g/mol. The maximum atomic E-state index is 14.2. The highest BCUT2D eigenvalue weighted by molar-refractivity contribution is 7.89. The molecule has 2 N–H and O–H groups in total. The van der Waals surface area contributed by atoms with Gasteiger partial charge in [-0.25, -0.2) is 17.2 Å². The van der Waals surface area contributed by atoms with E-state index in [1.165, 1.54) is 28.6 Å². The van der Waals surface area contributed by atoms with E-state index in [0.29, 0.717) is 44.8 Å². The summed E-state index contributed by atoms with van der Waals surface area (Å²) in [6.45, 7) is 2.22. The summed E-state index contributed by atoms with van der Waals surface area (Å²) in [6.07, 6.45) is -0.142. The summed E-state index contributed by atoms with van der Waals surface area (Å²) in [5, 5.41) is 8.93. The third-order valence-electron chi connectivity index (χ3n) is 6.83. The molecule has 0 spiro atoms. The Kier molecular flexibility index (Phi) is 6.00. The predicted molar refractivity (Wildman–Crippen MR) is 120 cm³/mol. The van der Waals surface area contributed by atoms with Gasteiger partial charge < -0.3 is 10.5 Å². The Balaban J connectivity index is 1.20. The minimum atomic E-state index is -3.65. The first-order valence-corrected chi connectivity index (χ1v) is 12.5. The number of hydrogen-bond donors (Lipinski definition) is 1. The lowest BCUT2D eigenvalue weighted by molar-refractivity contribution is -0.0467. The van der Waals surface area contributed by atoms with Gasteiger partial charge in [0, 0.05) is 43.8 Å². The second kappa shape index (κ2) is 8.83. The molecule has 3 heterocycles. The molecule has 34 heavy (non-hydrogen) atoms. The number of halogens is 2. The van der Waals surface area contributed by atoms with Gasteiger partial charge in [-0.15, -0.1) is 0 Å². The first kappa shape index (κ1) is 23.1. The number of nitrogens with two attached hydrogens (primary N) is 1. The highest BCUT2D eigenvalue weighted by Gasteiger charge is 2.41. The SMILES string of the molecule is N#Cc1ccc(S(=O)(=O)N2CC3=C(CN([C@H]4CO[C@H](c5cc(F)ccc5F)[C@@H](N)C4)C3)C2)cc1. The van der Waals surface area contributed by atoms with Crippen molar-refractivity contribution in [3.63, 3.8) is 0 Å². The van der Waals surface area contributed by atoms with Crippen LogP contribution in [0.5, 0.6) is 0 Å². The number of benzene rings is 2. The smallest absolute Gasteiger partial charge is 0.243 e. The average Bonchev–Trinajstić information content (AvgIpc) is 3.41. The normalized spacial score (nSPS) is 26.0. The minimum absolute atomic E-state index is 0.0112. The summed E-state index contributed by atoms with van der Waals surface area (Å²) in [5.41, 5.74) is 9.00. The summed E-state index contributed by atoms with van der Waals surface area (Å²) in [7, 11) is -3.65. The van der Waals surface area contributed by atoms with Crippen LogP contribution >= 0.6 is 0 Å². The first-order chi connectivity index (χ1) is 16.3. The van der Waals surface area contributed by atoms with Crippen LogP contribution in [0.2, 0.25) is 0 Å². The van der Waals surface area contributed by atoms with Crippen LogP contribution in [0.3, 0.4) is 0 Å². The molecule has 0 amide bonds. The minimum Gasteiger partial charge on any atom is -0.370 e. The number of sulfonamides is 1. The molecule has 1 fully saturated rings. The van der Waals surface area contributed by atoms with Gasteiger partial charge in [0.05, 0.1) is 23.1 Å². The zero-order chi connectivity index (χ0) is 24.0. The molecule has 7 nitrogen and oxygen atoms in total. The van der Waals surface area contributed by atoms with Gasteiger partial charge >= 0.3 is 0 Å². The van der Waals surface area contributed by atoms with Gasteiger partial charge in [0.25, 0.3) is 0 Å². The highest BCUT2D eigenvalue weighted by Crippen LogP contribution is 2.35. The van der Waals surface area contributed by atoms with Crippen molar-refractivity contribution in [3.05, 3.63) is 76.4 Å². The summed E-state index contributed by atoms with van der Waals surface area (Å²) < 4.78 is 61.2. The van der Waals surface area contributed by atoms with Crippen molar-refractivity contribution in [3.8, 4) is 6.07 Å². The Bertz CT molecular complexity index is 1270. The molecule has 0 unspecified atom stereocenters. The molecule has 0 radical (unpaired) electrons. The van der Waals surface area contributed by atoms with Gasteiger partial charge in [-0.05, 0) is 60.0 Å². The van der Waals surface area contributed by atoms with E-state index >= 15 is 0 Å². The molecule has 5 rings (SSSR count). The molecule has 0 saturated carbocycles. The quantitative estimate of drug-likeness (QED) is 0.666. The van der Waals surface area contributed by atoms with E-state index in [2.05, 4.69) is 4.90 Å². The zero-order valence-electron chi connectivity index (χ0n) is 18.3. The van der Waals surface area contributed by atoms with E-state index in [1.807, 2.05) is 6.07 Å². The van der Waals surface area contributed by atoms with Gasteiger partial charge in [-0.1, -0.05) is 0 Å². The first-order valence-electron chi connectivity index (χ1n) is 11.0. The maximum absolute atomic E-state index is 14.2. The molecule has 3 atom stereocenters. The lowest BCUT2D eigenvalue weighted by Gasteiger charge is -2.39. The third kappa shape index (κ3) is 4.15. The van der Waals surface area contributed by atoms with Crippen LogP contribution < -0.4 is 5.73 Å². The Morgan fingerprint density at radius 2 is 1.71 bits per heavy atom. The van der Waals surface area contributed by atoms with Crippen LogP contribution in [0.1, 0.15) is 23.7 Å². The number of nitrogens with zero attached hydrogens (tertiary/aromatic N) is 3. The topological polar surface area (TPSA) is 99.7 Å². The highest BCUT2D eigenvalue weighted by atomic mass is 32.2. The van der Waals surface area contributed by atoms with E-state index in [-0.39, 0.29) is 16.5 Å². The van der Waals surface area contributed by atoms with Crippen molar-refractivity contribution in [1.29, 1.82) is 5.26 Å². The van der Waals surface area contributed by atoms with Crippen LogP contribution in [0.15, 0.2) is 58.5 Å². The van der Waals surface area contributed by atoms with Crippen molar-refractivity contribution in [1.82, 2.24) is 9.21 Å². The summed E-state index contributed by atoms with van der Waals surface area (Å²) in [5.74, 6) is -1.07. The van der Waals surface area contributed by atoms with Gasteiger partial charge in [0.2, 0.25) is 10.0 Å². The molecule has 1 saturated heterocycles. The molecule has 3 aliphatic rings. The van der Waals surface area contributed by atoms with E-state index in [4.69, 9.17) is 15.7 Å². The third-order valence-corrected chi connectivity index (χ3v) is 8.63. The standard InChI is InChI=1S/C24H24F2N4O3S/c25-18-3-6-22(26)21(7-18)24-23(28)8-19(14-33-24)29-10-16-12-30(13-17(16)11-29)34(31,32)20-4-1-15(9-27)2-5-20/h1-7,19,23-24H,8,10-14,28H2/t19-,23+,24-/m1/s1. The monoisotopic (exact) mass is 486 g/mol. The van der Waals surface area contributed by atoms with Crippen molar-refractivity contribution in [2.45, 2.75) is 29.5 Å². The molecule has 10 heteroatoms. The molecule has 0 aliphatic carbocycles. The van der Waals surface area contributed by atoms with Crippen molar-refractivity contribution < 1.29 is 21.9 Å². The Morgan fingerprint density at radius 3 is 2.32 bits per heavy atom. The summed E-state index contributed by atoms with van der Waals surface area (Å²) >= 11 is 0. The number of ether oxygens (including phenoxy) is 1. The van der Waals surface area contributed by atoms with E-state index in [9.17, 15) is 17.2 Å². The second-order valence-electron chi connectivity index (χ2n) is 8.99. The van der Waals surface area contributed by atoms with Crippen molar-refractivity contribution >= 4 is 10.0 Å². The van der Waals surface area contributed by atoms with Gasteiger partial charge in [0.15, 0.2) is 0 Å². The van der Waals surface area contributed by atoms with E-state index in [0.717, 1.165) is 29.3 Å². The molecular formula is C24H24F2N4O3S. The fourth-order valence-corrected chi connectivity index (χ4v) is 6.44. The lowest BCUT2D eigenvalue weighted by atomic mass is 9.93. The van der Waals surface area contributed by atoms with Gasteiger partial charge in [-0.2, -0.15) is 9.57 Å². The van der Waals surface area contributed by atoms with Crippen LogP contribution in [0.25, 0.3) is 0 Å². The van der Waals surface area contributed by atoms with Crippen LogP contribution in [-0.2, 0) is 14.8 Å². The molecule has 178 valence electrons. The largest absolute Gasteiger partial charge is 0.370 e. The Hall–Kier alpha value is -2.68. The predicted octanol–water partition coefficient (Wildman–Crippen LogP) is 2.31. The van der Waals surface area contributed by atoms with Crippen LogP contribution in [-0.4, -0.2) is 62.5 Å². The summed E-state index contributed by atoms with van der Waals surface area (Å²) in [6, 6.07) is 10.7. The molecule has 2 aromatic carbocycles. The molecule has 2 aromatic rings. The fourth-order valence-electron chi connectivity index (χ4n) is 5.01. The second-order valence-corrected chi connectivity index (χ2v) is 10.9. The number of nitriles is 1. The van der Waals surface area contributed by atoms with Gasteiger partial charge in [0.1, 0.15) is 17.7 Å². The lowest BCUT2D eigenvalue weighted by Crippen LogP contribution is -2.49. The Morgan fingerprint density at radius 1 is 1.03 bits per heavy atom. The van der Waals surface area contributed by atoms with E-state index < -0.39 is 33.8 Å². The Labute approximate surface area is 197 Å². The van der Waals surface area contributed by atoms with Crippen molar-refractivity contribution in [2.75, 3.05) is 32.8 Å². The van der Waals surface area contributed by atoms with Crippen LogP contribution in [0, 0.1) is 23.0 Å². The van der Waals surface area contributed by atoms with Crippen LogP contribution in [0.4, 0.5) is 8.78 Å².